The van der Waals surface area contributed by atoms with E-state index in [1.807, 2.05) is 127 Å². The molecule has 0 bridgehead atoms. The first-order valence-electron chi connectivity index (χ1n) is 25.3. The van der Waals surface area contributed by atoms with Crippen LogP contribution in [-0.2, 0) is 28.5 Å². The van der Waals surface area contributed by atoms with Crippen molar-refractivity contribution in [3.8, 4) is 73.3 Å². The Hall–Kier alpha value is -8.77. The Bertz CT molecular complexity index is 4030. The van der Waals surface area contributed by atoms with Crippen LogP contribution in [0.25, 0.3) is 78.1 Å². The predicted octanol–water partition coefficient (Wildman–Crippen LogP) is 13.7. The minimum atomic E-state index is -1.13. The van der Waals surface area contributed by atoms with Gasteiger partial charge in [0.2, 0.25) is 0 Å². The molecule has 4 aromatic heterocycles. The molecule has 80 heavy (non-hydrogen) atoms. The minimum Gasteiger partial charge on any atom is -0.507 e. The Balaban J connectivity index is 0.000000200. The van der Waals surface area contributed by atoms with Gasteiger partial charge in [-0.1, -0.05) is 72.3 Å². The summed E-state index contributed by atoms with van der Waals surface area (Å²) in [5.41, 5.74) is 7.82. The second kappa shape index (κ2) is 22.2. The quantitative estimate of drug-likeness (QED) is 0.0819. The molecule has 0 radical (unpaired) electrons. The Kier molecular flexibility index (Phi) is 15.5. The van der Waals surface area contributed by atoms with Crippen LogP contribution in [0.3, 0.4) is 0 Å². The van der Waals surface area contributed by atoms with E-state index in [2.05, 4.69) is 10.1 Å². The SMILES string of the molecule is COC(=O)[C@@H](OC(C)(C)C)c1c(C)nc2cc(-c3cccc(-c4ccc(F)cc4O)c3)nn2c1-c1ccc(O)c2ccccc12.COC(=O)[C@@H](OC(C)(C)C)c1c(C)nc2cc(-c3cccc(-c4ccc(F)cc4O)c3)nn2c1Cl. The topological polar surface area (TPSA) is 192 Å². The van der Waals surface area contributed by atoms with Gasteiger partial charge in [-0.05, 0) is 120 Å². The highest BCUT2D eigenvalue weighted by Crippen LogP contribution is 2.42. The third-order valence-electron chi connectivity index (χ3n) is 12.9. The molecule has 0 unspecified atom stereocenters. The molecule has 3 N–H and O–H groups in total. The number of aromatic nitrogens is 6. The molecule has 2 atom stereocenters. The molecule has 0 spiro atoms. The number of benzene rings is 6. The fourth-order valence-corrected chi connectivity index (χ4v) is 9.79. The van der Waals surface area contributed by atoms with Crippen molar-refractivity contribution in [2.45, 2.75) is 78.8 Å². The highest BCUT2D eigenvalue weighted by Gasteiger charge is 2.36. The number of nitrogens with zero attached hydrogens (tertiary/aromatic N) is 6. The first kappa shape index (κ1) is 56.0. The van der Waals surface area contributed by atoms with E-state index in [1.165, 1.54) is 43.0 Å². The number of hydrogen-bond donors (Lipinski definition) is 3. The first-order chi connectivity index (χ1) is 37.9. The average Bonchev–Trinajstić information content (AvgIpc) is 4.24. The van der Waals surface area contributed by atoms with Gasteiger partial charge in [0.15, 0.2) is 23.5 Å². The van der Waals surface area contributed by atoms with Gasteiger partial charge in [0.1, 0.15) is 34.0 Å². The molecule has 0 saturated heterocycles. The zero-order valence-corrected chi connectivity index (χ0v) is 46.2. The summed E-state index contributed by atoms with van der Waals surface area (Å²) in [5.74, 6) is -2.43. The van der Waals surface area contributed by atoms with Crippen molar-refractivity contribution in [2.75, 3.05) is 14.2 Å². The molecule has 10 aromatic rings. The Morgan fingerprint density at radius 3 is 1.45 bits per heavy atom. The van der Waals surface area contributed by atoms with Crippen LogP contribution >= 0.6 is 11.6 Å². The molecule has 0 fully saturated rings. The summed E-state index contributed by atoms with van der Waals surface area (Å²) < 4.78 is 52.7. The fraction of sp³-hybridized carbons (Fsp3) is 0.226. The normalized spacial score (nSPS) is 12.6. The maximum Gasteiger partial charge on any atom is 0.339 e. The third-order valence-corrected chi connectivity index (χ3v) is 13.3. The molecular formula is C62H57ClF2N6O9. The summed E-state index contributed by atoms with van der Waals surface area (Å²) in [7, 11) is 2.60. The van der Waals surface area contributed by atoms with Crippen LogP contribution in [0.15, 0.2) is 133 Å². The largest absolute Gasteiger partial charge is 0.507 e. The number of carbonyl (C=O) groups excluding carboxylic acids is 2. The van der Waals surface area contributed by atoms with E-state index < -0.39 is 47.0 Å². The van der Waals surface area contributed by atoms with Crippen molar-refractivity contribution in [1.82, 2.24) is 29.2 Å². The van der Waals surface area contributed by atoms with E-state index in [9.17, 15) is 33.7 Å². The zero-order valence-electron chi connectivity index (χ0n) is 45.5. The highest BCUT2D eigenvalue weighted by molar-refractivity contribution is 6.30. The summed E-state index contributed by atoms with van der Waals surface area (Å²) in [6.45, 7) is 14.6. The van der Waals surface area contributed by atoms with Crippen molar-refractivity contribution in [3.63, 3.8) is 0 Å². The van der Waals surface area contributed by atoms with E-state index in [0.717, 1.165) is 28.6 Å². The molecule has 10 rings (SSSR count). The van der Waals surface area contributed by atoms with Crippen molar-refractivity contribution in [2.24, 2.45) is 0 Å². The van der Waals surface area contributed by atoms with Crippen LogP contribution in [0.4, 0.5) is 8.78 Å². The molecule has 6 aromatic carbocycles. The Labute approximate surface area is 464 Å². The minimum absolute atomic E-state index is 0.121. The zero-order chi connectivity index (χ0) is 57.5. The van der Waals surface area contributed by atoms with Gasteiger partial charge in [-0.25, -0.2) is 37.4 Å². The van der Waals surface area contributed by atoms with E-state index in [1.54, 1.807) is 29.6 Å². The second-order valence-corrected chi connectivity index (χ2v) is 21.2. The lowest BCUT2D eigenvalue weighted by Crippen LogP contribution is -2.29. The van der Waals surface area contributed by atoms with Crippen molar-refractivity contribution in [3.05, 3.63) is 173 Å². The number of carbonyl (C=O) groups is 2. The molecule has 0 saturated carbocycles. The standard InChI is InChI=1S/C36H32FN3O5.C26H25ClFN3O4/c1-20-32(34(35(43)44-5)45-36(2,3)4)33(27-15-16-29(41)26-12-7-6-11-25(26)27)40-31(38-20)19-28(39-40)22-10-8-9-21(17-22)24-14-13-23(37)18-30(24)42;1-14-22(23(25(33)34-5)35-26(2,3)4)24(27)31-21(29-14)13-19(30-31)16-8-6-7-15(11-16)18-10-9-17(28)12-20(18)32/h6-19,34,41-42H,1-5H3;6-13,23,32H,1-5H3/t34-;23-/m00/s1. The lowest BCUT2D eigenvalue weighted by Gasteiger charge is -2.28. The smallest absolute Gasteiger partial charge is 0.339 e. The van der Waals surface area contributed by atoms with Crippen molar-refractivity contribution < 1.29 is 52.6 Å². The Morgan fingerprint density at radius 2 is 0.963 bits per heavy atom. The number of methoxy groups -OCH3 is 2. The van der Waals surface area contributed by atoms with Crippen LogP contribution in [0.1, 0.15) is 76.3 Å². The third kappa shape index (κ3) is 11.5. The van der Waals surface area contributed by atoms with Gasteiger partial charge in [0.25, 0.3) is 0 Å². The summed E-state index contributed by atoms with van der Waals surface area (Å²) >= 11 is 6.74. The van der Waals surface area contributed by atoms with Crippen molar-refractivity contribution >= 4 is 45.6 Å². The van der Waals surface area contributed by atoms with Crippen LogP contribution in [0.5, 0.6) is 17.2 Å². The van der Waals surface area contributed by atoms with Gasteiger partial charge in [-0.3, -0.25) is 0 Å². The summed E-state index contributed by atoms with van der Waals surface area (Å²) in [6, 6.07) is 37.0. The van der Waals surface area contributed by atoms with Gasteiger partial charge in [0, 0.05) is 74.4 Å². The number of esters is 2. The van der Waals surface area contributed by atoms with E-state index in [0.29, 0.717) is 84.1 Å². The summed E-state index contributed by atoms with van der Waals surface area (Å²) in [5, 5.41) is 42.5. The number of phenolic OH excluding ortho intramolecular Hbond substituents is 3. The number of halogens is 3. The number of fused-ring (bicyclic) bond motifs is 3. The number of rotatable bonds is 11. The monoisotopic (exact) mass is 1100 g/mol. The van der Waals surface area contributed by atoms with Crippen LogP contribution in [0, 0.1) is 25.5 Å². The Morgan fingerprint density at radius 1 is 0.525 bits per heavy atom. The second-order valence-electron chi connectivity index (χ2n) is 20.9. The fourth-order valence-electron chi connectivity index (χ4n) is 9.43. The number of phenols is 3. The van der Waals surface area contributed by atoms with Crippen molar-refractivity contribution in [1.29, 1.82) is 0 Å². The summed E-state index contributed by atoms with van der Waals surface area (Å²) in [6.07, 6.45) is -2.21. The maximum atomic E-state index is 13.7. The molecule has 410 valence electrons. The van der Waals surface area contributed by atoms with E-state index in [4.69, 9.17) is 40.6 Å². The molecule has 0 aliphatic heterocycles. The van der Waals surface area contributed by atoms with Gasteiger partial charge in [-0.15, -0.1) is 0 Å². The molecule has 18 heteroatoms. The van der Waals surface area contributed by atoms with Gasteiger partial charge in [0.05, 0.1) is 48.1 Å². The maximum absolute atomic E-state index is 13.7. The molecule has 0 amide bonds. The molecule has 15 nitrogen and oxygen atoms in total. The number of hydrogen-bond acceptors (Lipinski definition) is 13. The first-order valence-corrected chi connectivity index (χ1v) is 25.7. The molecule has 4 heterocycles. The van der Waals surface area contributed by atoms with Crippen LogP contribution < -0.4 is 0 Å². The summed E-state index contributed by atoms with van der Waals surface area (Å²) in [4.78, 5) is 35.4. The van der Waals surface area contributed by atoms with Gasteiger partial charge in [-0.2, -0.15) is 10.2 Å². The average molecular weight is 1100 g/mol. The highest BCUT2D eigenvalue weighted by atomic mass is 35.5. The molecule has 0 aliphatic carbocycles. The predicted molar refractivity (Wildman–Crippen MR) is 301 cm³/mol. The number of aryl methyl sites for hydroxylation is 2. The number of aromatic hydroxyl groups is 3. The van der Waals surface area contributed by atoms with Crippen LogP contribution in [0.2, 0.25) is 5.15 Å². The van der Waals surface area contributed by atoms with E-state index in [-0.39, 0.29) is 22.4 Å². The van der Waals surface area contributed by atoms with Crippen LogP contribution in [-0.4, -0.2) is 81.9 Å². The van der Waals surface area contributed by atoms with E-state index >= 15 is 0 Å². The number of ether oxygens (including phenoxy) is 4. The molecule has 0 aliphatic rings. The lowest BCUT2D eigenvalue weighted by molar-refractivity contribution is -0.164. The van der Waals surface area contributed by atoms with Gasteiger partial charge < -0.3 is 34.3 Å². The van der Waals surface area contributed by atoms with Gasteiger partial charge >= 0.3 is 11.9 Å². The molecular weight excluding hydrogens is 1050 g/mol. The lowest BCUT2D eigenvalue weighted by atomic mass is 9.94.